The van der Waals surface area contributed by atoms with Gasteiger partial charge in [0.1, 0.15) is 6.54 Å². The van der Waals surface area contributed by atoms with Crippen molar-refractivity contribution in [2.45, 2.75) is 13.8 Å². The second kappa shape index (κ2) is 10.0. The van der Waals surface area contributed by atoms with Gasteiger partial charge in [-0.25, -0.2) is 0 Å². The molecule has 1 N–H and O–H groups in total. The summed E-state index contributed by atoms with van der Waals surface area (Å²) in [6, 6.07) is 10.7. The van der Waals surface area contributed by atoms with Crippen LogP contribution < -0.4 is 14.8 Å². The minimum Gasteiger partial charge on any atom is -0.493 e. The fraction of sp³-hybridized carbons (Fsp3) is 0.227. The highest BCUT2D eigenvalue weighted by molar-refractivity contribution is 9.10. The SMILES string of the molecule is CCOc1cc(C=C2SC(=O)N(CC(=O)Nc3ccc(C)cc3)C2=O)c(Br)cc1OC. The summed E-state index contributed by atoms with van der Waals surface area (Å²) in [6.07, 6.45) is 1.59. The molecule has 1 heterocycles. The summed E-state index contributed by atoms with van der Waals surface area (Å²) >= 11 is 4.24. The molecule has 0 bridgehead atoms. The summed E-state index contributed by atoms with van der Waals surface area (Å²) in [7, 11) is 1.54. The van der Waals surface area contributed by atoms with Gasteiger partial charge in [0.25, 0.3) is 11.1 Å². The van der Waals surface area contributed by atoms with E-state index >= 15 is 0 Å². The van der Waals surface area contributed by atoms with Crippen molar-refractivity contribution in [3.05, 3.63) is 56.9 Å². The number of imide groups is 1. The van der Waals surface area contributed by atoms with Crippen LogP contribution in [0.5, 0.6) is 11.5 Å². The van der Waals surface area contributed by atoms with Crippen LogP contribution in [0.25, 0.3) is 6.08 Å². The summed E-state index contributed by atoms with van der Waals surface area (Å²) in [5.41, 5.74) is 2.31. The number of ether oxygens (including phenoxy) is 2. The molecule has 0 atom stereocenters. The first-order chi connectivity index (χ1) is 14.8. The van der Waals surface area contributed by atoms with Crippen molar-refractivity contribution in [2.24, 2.45) is 0 Å². The molecule has 2 aromatic rings. The van der Waals surface area contributed by atoms with Gasteiger partial charge >= 0.3 is 0 Å². The second-order valence-electron chi connectivity index (χ2n) is 6.64. The molecule has 162 valence electrons. The van der Waals surface area contributed by atoms with E-state index in [0.717, 1.165) is 22.2 Å². The predicted molar refractivity (Wildman–Crippen MR) is 124 cm³/mol. The molecule has 1 aliphatic heterocycles. The number of methoxy groups -OCH3 is 1. The Morgan fingerprint density at radius 2 is 1.90 bits per heavy atom. The molecular weight excluding hydrogens is 484 g/mol. The number of hydrogen-bond donors (Lipinski definition) is 1. The largest absolute Gasteiger partial charge is 0.493 e. The van der Waals surface area contributed by atoms with E-state index in [9.17, 15) is 14.4 Å². The quantitative estimate of drug-likeness (QED) is 0.543. The summed E-state index contributed by atoms with van der Waals surface area (Å²) in [5.74, 6) is 0.106. The maximum Gasteiger partial charge on any atom is 0.294 e. The number of nitrogens with zero attached hydrogens (tertiary/aromatic N) is 1. The van der Waals surface area contributed by atoms with Crippen molar-refractivity contribution in [1.82, 2.24) is 4.90 Å². The highest BCUT2D eigenvalue weighted by Crippen LogP contribution is 2.38. The van der Waals surface area contributed by atoms with E-state index < -0.39 is 17.1 Å². The van der Waals surface area contributed by atoms with Crippen LogP contribution in [0.1, 0.15) is 18.1 Å². The molecule has 2 aromatic carbocycles. The molecule has 1 aliphatic rings. The predicted octanol–water partition coefficient (Wildman–Crippen LogP) is 4.84. The van der Waals surface area contributed by atoms with Crippen LogP contribution in [-0.4, -0.2) is 42.2 Å². The highest BCUT2D eigenvalue weighted by atomic mass is 79.9. The molecule has 0 radical (unpaired) electrons. The smallest absolute Gasteiger partial charge is 0.294 e. The average Bonchev–Trinajstić information content (AvgIpc) is 2.99. The van der Waals surface area contributed by atoms with E-state index in [2.05, 4.69) is 21.2 Å². The van der Waals surface area contributed by atoms with Crippen molar-refractivity contribution in [2.75, 3.05) is 25.6 Å². The zero-order valence-electron chi connectivity index (χ0n) is 17.2. The number of rotatable bonds is 7. The monoisotopic (exact) mass is 504 g/mol. The van der Waals surface area contributed by atoms with Gasteiger partial charge in [-0.1, -0.05) is 33.6 Å². The molecule has 7 nitrogen and oxygen atoms in total. The van der Waals surface area contributed by atoms with Crippen molar-refractivity contribution in [3.8, 4) is 11.5 Å². The Morgan fingerprint density at radius 1 is 1.19 bits per heavy atom. The molecule has 1 saturated heterocycles. The van der Waals surface area contributed by atoms with E-state index in [4.69, 9.17) is 9.47 Å². The maximum absolute atomic E-state index is 12.8. The number of hydrogen-bond acceptors (Lipinski definition) is 6. The van der Waals surface area contributed by atoms with Crippen molar-refractivity contribution >= 4 is 56.5 Å². The number of aryl methyl sites for hydroxylation is 1. The molecule has 0 unspecified atom stereocenters. The van der Waals surface area contributed by atoms with Gasteiger partial charge < -0.3 is 14.8 Å². The number of amides is 3. The molecule has 9 heteroatoms. The first-order valence-corrected chi connectivity index (χ1v) is 11.1. The number of carbonyl (C=O) groups excluding carboxylic acids is 3. The normalized spacial score (nSPS) is 14.8. The van der Waals surface area contributed by atoms with Crippen LogP contribution in [0.15, 0.2) is 45.8 Å². The Balaban J connectivity index is 1.76. The summed E-state index contributed by atoms with van der Waals surface area (Å²) in [6.45, 7) is 3.89. The van der Waals surface area contributed by atoms with Gasteiger partial charge in [0, 0.05) is 10.2 Å². The number of anilines is 1. The minimum atomic E-state index is -0.519. The van der Waals surface area contributed by atoms with E-state index in [1.54, 1.807) is 30.3 Å². The Morgan fingerprint density at radius 3 is 2.55 bits per heavy atom. The van der Waals surface area contributed by atoms with E-state index in [1.165, 1.54) is 7.11 Å². The summed E-state index contributed by atoms with van der Waals surface area (Å²) in [4.78, 5) is 38.6. The molecule has 1 fully saturated rings. The molecular formula is C22H21BrN2O5S. The molecule has 3 rings (SSSR count). The first kappa shape index (κ1) is 22.9. The molecule has 0 aliphatic carbocycles. The lowest BCUT2D eigenvalue weighted by molar-refractivity contribution is -0.127. The number of benzene rings is 2. The number of thioether (sulfide) groups is 1. The lowest BCUT2D eigenvalue weighted by Crippen LogP contribution is -2.36. The van der Waals surface area contributed by atoms with Gasteiger partial charge in [-0.15, -0.1) is 0 Å². The van der Waals surface area contributed by atoms with Crippen LogP contribution in [0.4, 0.5) is 10.5 Å². The van der Waals surface area contributed by atoms with Gasteiger partial charge in [-0.2, -0.15) is 0 Å². The van der Waals surface area contributed by atoms with E-state index in [1.807, 2.05) is 26.0 Å². The fourth-order valence-corrected chi connectivity index (χ4v) is 4.11. The van der Waals surface area contributed by atoms with Crippen LogP contribution in [0.3, 0.4) is 0 Å². The molecule has 0 aromatic heterocycles. The average molecular weight is 505 g/mol. The van der Waals surface area contributed by atoms with E-state index in [-0.39, 0.29) is 11.4 Å². The number of carbonyl (C=O) groups is 3. The van der Waals surface area contributed by atoms with Gasteiger partial charge in [-0.3, -0.25) is 19.3 Å². The molecule has 3 amide bonds. The summed E-state index contributed by atoms with van der Waals surface area (Å²) < 4.78 is 11.6. The van der Waals surface area contributed by atoms with Crippen molar-refractivity contribution in [1.29, 1.82) is 0 Å². The Kier molecular flexibility index (Phi) is 7.40. The first-order valence-electron chi connectivity index (χ1n) is 9.44. The van der Waals surface area contributed by atoms with Gasteiger partial charge in [-0.05, 0) is 61.5 Å². The summed E-state index contributed by atoms with van der Waals surface area (Å²) in [5, 5.41) is 2.20. The molecule has 0 saturated carbocycles. The van der Waals surface area contributed by atoms with Crippen LogP contribution in [-0.2, 0) is 9.59 Å². The fourth-order valence-electron chi connectivity index (χ4n) is 2.85. The molecule has 31 heavy (non-hydrogen) atoms. The lowest BCUT2D eigenvalue weighted by Gasteiger charge is -2.13. The Bertz CT molecular complexity index is 1050. The zero-order valence-corrected chi connectivity index (χ0v) is 19.6. The van der Waals surface area contributed by atoms with Gasteiger partial charge in [0.05, 0.1) is 18.6 Å². The zero-order chi connectivity index (χ0) is 22.5. The number of halogens is 1. The van der Waals surface area contributed by atoms with Crippen molar-refractivity contribution < 1.29 is 23.9 Å². The Hall–Kier alpha value is -2.78. The van der Waals surface area contributed by atoms with Crippen LogP contribution in [0, 0.1) is 6.92 Å². The number of nitrogens with one attached hydrogen (secondary N) is 1. The third-order valence-electron chi connectivity index (χ3n) is 4.38. The minimum absolute atomic E-state index is 0.224. The highest BCUT2D eigenvalue weighted by Gasteiger charge is 2.36. The second-order valence-corrected chi connectivity index (χ2v) is 8.49. The molecule has 0 spiro atoms. The van der Waals surface area contributed by atoms with Crippen LogP contribution >= 0.6 is 27.7 Å². The van der Waals surface area contributed by atoms with Crippen molar-refractivity contribution in [3.63, 3.8) is 0 Å². The maximum atomic E-state index is 12.8. The third-order valence-corrected chi connectivity index (χ3v) is 5.97. The topological polar surface area (TPSA) is 84.9 Å². The van der Waals surface area contributed by atoms with Gasteiger partial charge in [0.2, 0.25) is 5.91 Å². The standard InChI is InChI=1S/C22H21BrN2O5S/c1-4-30-18-9-14(16(23)11-17(18)29-3)10-19-21(27)25(22(28)31-19)12-20(26)24-15-7-5-13(2)6-8-15/h5-11H,4,12H2,1-3H3,(H,24,26). The lowest BCUT2D eigenvalue weighted by atomic mass is 10.2. The van der Waals surface area contributed by atoms with Gasteiger partial charge in [0.15, 0.2) is 11.5 Å². The third kappa shape index (κ3) is 5.48. The van der Waals surface area contributed by atoms with Crippen LogP contribution in [0.2, 0.25) is 0 Å². The van der Waals surface area contributed by atoms with E-state index in [0.29, 0.717) is 33.8 Å². The Labute approximate surface area is 192 Å².